The molecule has 3 aromatic carbocycles. The zero-order valence-corrected chi connectivity index (χ0v) is 23.9. The first-order valence-electron chi connectivity index (χ1n) is 12.1. The summed E-state index contributed by atoms with van der Waals surface area (Å²) in [4.78, 5) is 18.4. The molecule has 2 aromatic heterocycles. The number of carbonyl (C=O) groups is 1. The Morgan fingerprint density at radius 2 is 1.41 bits per heavy atom. The van der Waals surface area contributed by atoms with Crippen molar-refractivity contribution in [3.8, 4) is 0 Å². The molecule has 7 heteroatoms. The van der Waals surface area contributed by atoms with Crippen LogP contribution in [0, 0.1) is 13.8 Å². The molecule has 0 saturated carbocycles. The van der Waals surface area contributed by atoms with Crippen molar-refractivity contribution < 1.29 is 4.79 Å². The van der Waals surface area contributed by atoms with Crippen LogP contribution >= 0.6 is 46.7 Å². The summed E-state index contributed by atoms with van der Waals surface area (Å²) in [7, 11) is 0. The van der Waals surface area contributed by atoms with E-state index in [4.69, 9.17) is 12.2 Å². The molecule has 1 fully saturated rings. The monoisotopic (exact) mass is 556 g/mol. The number of thiocarbonyl (C=S) groups is 1. The summed E-state index contributed by atoms with van der Waals surface area (Å²) < 4.78 is 3.10. The molecule has 37 heavy (non-hydrogen) atoms. The lowest BCUT2D eigenvalue weighted by molar-refractivity contribution is -0.121. The first-order valence-corrected chi connectivity index (χ1v) is 14.9. The summed E-state index contributed by atoms with van der Waals surface area (Å²) in [6, 6.07) is 26.4. The zero-order valence-electron chi connectivity index (χ0n) is 20.6. The molecule has 0 atom stereocenters. The van der Waals surface area contributed by atoms with Crippen LogP contribution in [0.25, 0.3) is 26.2 Å². The highest BCUT2D eigenvalue weighted by molar-refractivity contribution is 8.26. The van der Waals surface area contributed by atoms with E-state index in [-0.39, 0.29) is 5.91 Å². The largest absolute Gasteiger partial charge is 0.302 e. The Morgan fingerprint density at radius 3 is 1.97 bits per heavy atom. The Hall–Kier alpha value is -2.97. The summed E-state index contributed by atoms with van der Waals surface area (Å²) >= 11 is 10.3. The highest BCUT2D eigenvalue weighted by Crippen LogP contribution is 2.44. The number of likely N-dealkylation sites (N-methyl/N-ethyl adjacent to an activating group) is 1. The van der Waals surface area contributed by atoms with E-state index in [2.05, 4.69) is 91.5 Å². The first-order chi connectivity index (χ1) is 17.9. The van der Waals surface area contributed by atoms with E-state index >= 15 is 0 Å². The second-order valence-electron chi connectivity index (χ2n) is 9.09. The molecule has 6 rings (SSSR count). The summed E-state index contributed by atoms with van der Waals surface area (Å²) in [5.41, 5.74) is 4.79. The summed E-state index contributed by atoms with van der Waals surface area (Å²) in [5.74, 6) is 0.00730. The van der Waals surface area contributed by atoms with Gasteiger partial charge in [0.25, 0.3) is 5.91 Å². The Kier molecular flexibility index (Phi) is 6.41. The van der Waals surface area contributed by atoms with Gasteiger partial charge in [-0.05, 0) is 86.2 Å². The minimum absolute atomic E-state index is 0.00730. The lowest BCUT2D eigenvalue weighted by atomic mass is 10.1. The molecule has 0 N–H and O–H groups in total. The molecule has 3 heterocycles. The lowest BCUT2D eigenvalue weighted by Crippen LogP contribution is -2.27. The number of thioether (sulfide) groups is 1. The molecule has 3 nitrogen and oxygen atoms in total. The quantitative estimate of drug-likeness (QED) is 0.159. The molecular formula is C30H24N2OS4. The second-order valence-corrected chi connectivity index (χ2v) is 12.9. The summed E-state index contributed by atoms with van der Waals surface area (Å²) in [5, 5.41) is 3.60. The van der Waals surface area contributed by atoms with Crippen LogP contribution in [-0.4, -0.2) is 21.7 Å². The second kappa shape index (κ2) is 9.72. The van der Waals surface area contributed by atoms with Crippen molar-refractivity contribution in [1.82, 2.24) is 4.90 Å². The van der Waals surface area contributed by atoms with E-state index in [0.717, 1.165) is 16.3 Å². The van der Waals surface area contributed by atoms with Gasteiger partial charge in [-0.15, -0.1) is 22.7 Å². The number of amides is 1. The normalized spacial score (nSPS) is 15.0. The van der Waals surface area contributed by atoms with Crippen LogP contribution in [0.5, 0.6) is 0 Å². The standard InChI is InChI=1S/C30H24N2OS4/c1-4-31-29(33)27(37-30(31)34)17-24-13-20-14-26-21(15-25(20)35-24)16-28(36-26)32(22-9-5-18(2)6-10-22)23-11-7-19(3)8-12-23/h5-17H,4H2,1-3H3/b27-17+. The Balaban J connectivity index is 1.39. The number of aryl methyl sites for hydroxylation is 2. The first kappa shape index (κ1) is 24.4. The van der Waals surface area contributed by atoms with Gasteiger partial charge < -0.3 is 4.90 Å². The fourth-order valence-electron chi connectivity index (χ4n) is 4.45. The van der Waals surface area contributed by atoms with Crippen molar-refractivity contribution in [3.05, 3.63) is 93.7 Å². The predicted octanol–water partition coefficient (Wildman–Crippen LogP) is 9.42. The molecule has 0 spiro atoms. The molecule has 1 aliphatic heterocycles. The molecular weight excluding hydrogens is 533 g/mol. The van der Waals surface area contributed by atoms with Gasteiger partial charge in [-0.3, -0.25) is 9.69 Å². The maximum Gasteiger partial charge on any atom is 0.266 e. The van der Waals surface area contributed by atoms with Crippen molar-refractivity contribution in [2.75, 3.05) is 11.4 Å². The highest BCUT2D eigenvalue weighted by atomic mass is 32.2. The minimum atomic E-state index is 0.00730. The van der Waals surface area contributed by atoms with Gasteiger partial charge in [-0.25, -0.2) is 0 Å². The molecule has 1 saturated heterocycles. The Morgan fingerprint density at radius 1 is 0.838 bits per heavy atom. The lowest BCUT2D eigenvalue weighted by Gasteiger charge is -2.23. The van der Waals surface area contributed by atoms with Crippen molar-refractivity contribution in [2.24, 2.45) is 0 Å². The molecule has 184 valence electrons. The highest BCUT2D eigenvalue weighted by Gasteiger charge is 2.30. The molecule has 5 aromatic rings. The topological polar surface area (TPSA) is 23.6 Å². The van der Waals surface area contributed by atoms with Gasteiger partial charge in [0.05, 0.1) is 4.91 Å². The number of thiophene rings is 2. The van der Waals surface area contributed by atoms with E-state index < -0.39 is 0 Å². The fraction of sp³-hybridized carbons (Fsp3) is 0.133. The van der Waals surface area contributed by atoms with Crippen LogP contribution in [-0.2, 0) is 4.79 Å². The van der Waals surface area contributed by atoms with Gasteiger partial charge in [0.2, 0.25) is 0 Å². The number of fused-ring (bicyclic) bond motifs is 2. The molecule has 0 aliphatic carbocycles. The third-order valence-electron chi connectivity index (χ3n) is 6.43. The predicted molar refractivity (Wildman–Crippen MR) is 167 cm³/mol. The van der Waals surface area contributed by atoms with Crippen LogP contribution in [0.3, 0.4) is 0 Å². The third kappa shape index (κ3) is 4.61. The fourth-order valence-corrected chi connectivity index (χ4v) is 8.08. The average molecular weight is 557 g/mol. The van der Waals surface area contributed by atoms with E-state index in [9.17, 15) is 4.79 Å². The van der Waals surface area contributed by atoms with E-state index in [1.807, 2.05) is 13.0 Å². The van der Waals surface area contributed by atoms with Crippen LogP contribution in [0.15, 0.2) is 77.7 Å². The molecule has 1 amide bonds. The smallest absolute Gasteiger partial charge is 0.266 e. The molecule has 0 bridgehead atoms. The van der Waals surface area contributed by atoms with Gasteiger partial charge in [-0.1, -0.05) is 59.4 Å². The number of rotatable bonds is 5. The van der Waals surface area contributed by atoms with Gasteiger partial charge >= 0.3 is 0 Å². The number of hydrogen-bond donors (Lipinski definition) is 0. The maximum atomic E-state index is 12.6. The van der Waals surface area contributed by atoms with Crippen LogP contribution in [0.1, 0.15) is 22.9 Å². The van der Waals surface area contributed by atoms with E-state index in [0.29, 0.717) is 15.8 Å². The number of carbonyl (C=O) groups excluding carboxylic acids is 1. The van der Waals surface area contributed by atoms with Crippen LogP contribution in [0.2, 0.25) is 0 Å². The third-order valence-corrected chi connectivity index (χ3v) is 9.93. The number of nitrogens with zero attached hydrogens (tertiary/aromatic N) is 2. The molecule has 1 aliphatic rings. The minimum Gasteiger partial charge on any atom is -0.302 e. The SMILES string of the molecule is CCN1C(=O)/C(=C\c2cc3cc4sc(N(c5ccc(C)cc5)c5ccc(C)cc5)cc4cc3s2)SC1=S. The van der Waals surface area contributed by atoms with Gasteiger partial charge in [0.15, 0.2) is 0 Å². The molecule has 0 radical (unpaired) electrons. The summed E-state index contributed by atoms with van der Waals surface area (Å²) in [6.07, 6.45) is 1.98. The zero-order chi connectivity index (χ0) is 25.7. The van der Waals surface area contributed by atoms with Crippen LogP contribution in [0.4, 0.5) is 16.4 Å². The van der Waals surface area contributed by atoms with Crippen molar-refractivity contribution >= 4 is 99.5 Å². The number of benzene rings is 3. The van der Waals surface area contributed by atoms with Crippen LogP contribution < -0.4 is 4.90 Å². The maximum absolute atomic E-state index is 12.6. The van der Waals surface area contributed by atoms with E-state index in [1.165, 1.54) is 48.1 Å². The molecule has 0 unspecified atom stereocenters. The van der Waals surface area contributed by atoms with Gasteiger partial charge in [0.1, 0.15) is 9.32 Å². The Bertz CT molecular complexity index is 1600. The number of anilines is 3. The van der Waals surface area contributed by atoms with Crippen molar-refractivity contribution in [1.29, 1.82) is 0 Å². The average Bonchev–Trinajstić information content (AvgIpc) is 3.54. The number of hydrogen-bond acceptors (Lipinski definition) is 6. The Labute approximate surface area is 234 Å². The summed E-state index contributed by atoms with van der Waals surface area (Å²) in [6.45, 7) is 6.79. The van der Waals surface area contributed by atoms with E-state index in [1.54, 1.807) is 27.6 Å². The van der Waals surface area contributed by atoms with Gasteiger partial charge in [-0.2, -0.15) is 0 Å². The van der Waals surface area contributed by atoms with Crippen molar-refractivity contribution in [3.63, 3.8) is 0 Å². The van der Waals surface area contributed by atoms with Gasteiger partial charge in [0, 0.05) is 32.2 Å². The van der Waals surface area contributed by atoms with Crippen molar-refractivity contribution in [2.45, 2.75) is 20.8 Å².